The molecule has 0 atom stereocenters. The fourth-order valence-corrected chi connectivity index (χ4v) is 1.63. The molecule has 1 heterocycles. The molecule has 0 N–H and O–H groups in total. The monoisotopic (exact) mass is 301 g/mol. The molecule has 0 fully saturated rings. The van der Waals surface area contributed by atoms with E-state index in [0.29, 0.717) is 0 Å². The number of rotatable bonds is 3. The van der Waals surface area contributed by atoms with Gasteiger partial charge in [-0.3, -0.25) is 0 Å². The average Bonchev–Trinajstić information content (AvgIpc) is 2.46. The van der Waals surface area contributed by atoms with Crippen LogP contribution in [0.2, 0.25) is 5.02 Å². The maximum atomic E-state index is 13.4. The van der Waals surface area contributed by atoms with Crippen LogP contribution in [-0.2, 0) is 11.3 Å². The molecule has 2 aromatic rings. The zero-order chi connectivity index (χ0) is 14.7. The van der Waals surface area contributed by atoms with Gasteiger partial charge in [-0.2, -0.15) is 13.8 Å². The van der Waals surface area contributed by atoms with Gasteiger partial charge >= 0.3 is 5.97 Å². The van der Waals surface area contributed by atoms with Gasteiger partial charge in [0.1, 0.15) is 11.6 Å². The lowest BCUT2D eigenvalue weighted by atomic mass is 10.2. The number of benzene rings is 1. The Labute approximate surface area is 117 Å². The van der Waals surface area contributed by atoms with Crippen LogP contribution in [0.15, 0.2) is 30.3 Å². The first kappa shape index (κ1) is 14.3. The number of nitrogens with zero attached hydrogens (tertiary/aromatic N) is 1. The maximum Gasteiger partial charge on any atom is 0.338 e. The van der Waals surface area contributed by atoms with E-state index >= 15 is 0 Å². The molecule has 0 spiro atoms. The number of hydrogen-bond acceptors (Lipinski definition) is 3. The maximum absolute atomic E-state index is 13.4. The number of carbonyl (C=O) groups is 1. The van der Waals surface area contributed by atoms with Crippen LogP contribution in [0.1, 0.15) is 15.9 Å². The third-order valence-electron chi connectivity index (χ3n) is 2.45. The van der Waals surface area contributed by atoms with E-state index in [4.69, 9.17) is 16.3 Å². The summed E-state index contributed by atoms with van der Waals surface area (Å²) in [5.74, 6) is -5.22. The second-order valence-electron chi connectivity index (χ2n) is 3.74. The number of aromatic nitrogens is 1. The average molecular weight is 302 g/mol. The minimum atomic E-state index is -1.64. The lowest BCUT2D eigenvalue weighted by molar-refractivity contribution is 0.0467. The van der Waals surface area contributed by atoms with Crippen molar-refractivity contribution in [2.24, 2.45) is 0 Å². The van der Waals surface area contributed by atoms with Crippen LogP contribution in [0, 0.1) is 17.7 Å². The van der Waals surface area contributed by atoms with E-state index in [2.05, 4.69) is 4.98 Å². The highest BCUT2D eigenvalue weighted by Gasteiger charge is 2.20. The molecule has 20 heavy (non-hydrogen) atoms. The van der Waals surface area contributed by atoms with Crippen molar-refractivity contribution in [1.82, 2.24) is 4.98 Å². The molecule has 104 valence electrons. The fourth-order valence-electron chi connectivity index (χ4n) is 1.45. The van der Waals surface area contributed by atoms with Crippen LogP contribution in [0.5, 0.6) is 0 Å². The van der Waals surface area contributed by atoms with Crippen LogP contribution in [0.25, 0.3) is 0 Å². The van der Waals surface area contributed by atoms with E-state index in [9.17, 15) is 18.0 Å². The Morgan fingerprint density at radius 2 is 1.80 bits per heavy atom. The van der Waals surface area contributed by atoms with Crippen LogP contribution in [0.3, 0.4) is 0 Å². The number of ether oxygens (including phenoxy) is 1. The van der Waals surface area contributed by atoms with Crippen molar-refractivity contribution >= 4 is 17.6 Å². The van der Waals surface area contributed by atoms with Gasteiger partial charge in [0, 0.05) is 0 Å². The van der Waals surface area contributed by atoms with Crippen molar-refractivity contribution in [3.8, 4) is 0 Å². The summed E-state index contributed by atoms with van der Waals surface area (Å²) in [6.45, 7) is -0.700. The Bertz CT molecular complexity index is 624. The summed E-state index contributed by atoms with van der Waals surface area (Å²) < 4.78 is 44.2. The highest BCUT2D eigenvalue weighted by molar-refractivity contribution is 6.31. The van der Waals surface area contributed by atoms with Gasteiger partial charge < -0.3 is 4.74 Å². The third kappa shape index (κ3) is 2.91. The zero-order valence-corrected chi connectivity index (χ0v) is 10.6. The molecule has 0 aliphatic heterocycles. The summed E-state index contributed by atoms with van der Waals surface area (Å²) in [7, 11) is 0. The van der Waals surface area contributed by atoms with Gasteiger partial charge in [0.25, 0.3) is 5.95 Å². The quantitative estimate of drug-likeness (QED) is 0.643. The lowest BCUT2D eigenvalue weighted by Gasteiger charge is -2.08. The Balaban J connectivity index is 2.18. The minimum absolute atomic E-state index is 0.221. The molecule has 2 rings (SSSR count). The van der Waals surface area contributed by atoms with Gasteiger partial charge in [-0.15, -0.1) is 0 Å². The largest absolute Gasteiger partial charge is 0.457 e. The Kier molecular flexibility index (Phi) is 4.24. The van der Waals surface area contributed by atoms with Crippen molar-refractivity contribution < 1.29 is 22.7 Å². The predicted octanol–water partition coefficient (Wildman–Crippen LogP) is 3.51. The summed E-state index contributed by atoms with van der Waals surface area (Å²) in [6.07, 6.45) is 0. The summed E-state index contributed by atoms with van der Waals surface area (Å²) in [6, 6.07) is 7.87. The van der Waals surface area contributed by atoms with Crippen LogP contribution < -0.4 is 0 Å². The molecule has 0 aliphatic rings. The number of carbonyl (C=O) groups excluding carboxylic acids is 1. The van der Waals surface area contributed by atoms with Gasteiger partial charge in [-0.05, 0) is 12.1 Å². The molecule has 1 aromatic carbocycles. The van der Waals surface area contributed by atoms with E-state index < -0.39 is 40.9 Å². The molecule has 0 saturated heterocycles. The zero-order valence-electron chi connectivity index (χ0n) is 9.87. The first-order chi connectivity index (χ1) is 9.50. The molecular formula is C13H7ClF3NO2. The fraction of sp³-hybridized carbons (Fsp3) is 0.0769. The standard InChI is InChI=1S/C13H7ClF3NO2/c14-9-8(10(15)12(17)18-11(9)16)6-20-13(19)7-4-2-1-3-5-7/h1-5H,6H2. The highest BCUT2D eigenvalue weighted by atomic mass is 35.5. The Hall–Kier alpha value is -2.08. The summed E-state index contributed by atoms with van der Waals surface area (Å²) in [5, 5.41) is -0.718. The molecule has 0 amide bonds. The number of hydrogen-bond donors (Lipinski definition) is 0. The molecule has 1 aromatic heterocycles. The molecule has 0 radical (unpaired) electrons. The summed E-state index contributed by atoms with van der Waals surface area (Å²) in [4.78, 5) is 14.3. The molecule has 0 unspecified atom stereocenters. The second-order valence-corrected chi connectivity index (χ2v) is 4.12. The number of esters is 1. The topological polar surface area (TPSA) is 39.2 Å². The van der Waals surface area contributed by atoms with E-state index in [-0.39, 0.29) is 5.56 Å². The minimum Gasteiger partial charge on any atom is -0.457 e. The smallest absolute Gasteiger partial charge is 0.338 e. The highest BCUT2D eigenvalue weighted by Crippen LogP contribution is 2.24. The van der Waals surface area contributed by atoms with Crippen molar-refractivity contribution in [3.05, 3.63) is 64.2 Å². The summed E-state index contributed by atoms with van der Waals surface area (Å²) in [5.41, 5.74) is -0.375. The second kappa shape index (κ2) is 5.92. The third-order valence-corrected chi connectivity index (χ3v) is 2.83. The molecular weight excluding hydrogens is 295 g/mol. The Morgan fingerprint density at radius 1 is 1.15 bits per heavy atom. The first-order valence-corrected chi connectivity index (χ1v) is 5.79. The SMILES string of the molecule is O=C(OCc1c(F)c(F)nc(F)c1Cl)c1ccccc1. The van der Waals surface area contributed by atoms with Crippen molar-refractivity contribution in [2.75, 3.05) is 0 Å². The van der Waals surface area contributed by atoms with Gasteiger partial charge in [-0.25, -0.2) is 9.18 Å². The molecule has 7 heteroatoms. The van der Waals surface area contributed by atoms with Crippen LogP contribution in [-0.4, -0.2) is 11.0 Å². The van der Waals surface area contributed by atoms with Gasteiger partial charge in [-0.1, -0.05) is 29.8 Å². The van der Waals surface area contributed by atoms with Crippen molar-refractivity contribution in [1.29, 1.82) is 0 Å². The van der Waals surface area contributed by atoms with Crippen molar-refractivity contribution in [3.63, 3.8) is 0 Å². The lowest BCUT2D eigenvalue weighted by Crippen LogP contribution is -2.09. The van der Waals surface area contributed by atoms with Crippen LogP contribution in [0.4, 0.5) is 13.2 Å². The van der Waals surface area contributed by atoms with E-state index in [1.165, 1.54) is 12.1 Å². The summed E-state index contributed by atoms with van der Waals surface area (Å²) >= 11 is 5.46. The molecule has 0 aliphatic carbocycles. The molecule has 0 bridgehead atoms. The Morgan fingerprint density at radius 3 is 2.45 bits per heavy atom. The van der Waals surface area contributed by atoms with E-state index in [1.54, 1.807) is 18.2 Å². The van der Waals surface area contributed by atoms with E-state index in [1.807, 2.05) is 0 Å². The van der Waals surface area contributed by atoms with Gasteiger partial charge in [0.15, 0.2) is 5.82 Å². The molecule has 3 nitrogen and oxygen atoms in total. The molecule has 0 saturated carbocycles. The van der Waals surface area contributed by atoms with E-state index in [0.717, 1.165) is 0 Å². The number of halogens is 4. The van der Waals surface area contributed by atoms with Gasteiger partial charge in [0.2, 0.25) is 5.95 Å². The normalized spacial score (nSPS) is 10.4. The number of pyridine rings is 1. The first-order valence-electron chi connectivity index (χ1n) is 5.41. The van der Waals surface area contributed by atoms with Crippen LogP contribution >= 0.6 is 11.6 Å². The van der Waals surface area contributed by atoms with Gasteiger partial charge in [0.05, 0.1) is 11.1 Å². The van der Waals surface area contributed by atoms with Crippen molar-refractivity contribution in [2.45, 2.75) is 6.61 Å². The predicted molar refractivity (Wildman–Crippen MR) is 64.7 cm³/mol.